The van der Waals surface area contributed by atoms with E-state index in [1.807, 2.05) is 0 Å². The highest BCUT2D eigenvalue weighted by Gasteiger charge is 2.22. The van der Waals surface area contributed by atoms with E-state index in [0.29, 0.717) is 0 Å². The van der Waals surface area contributed by atoms with Gasteiger partial charge in [0, 0.05) is 11.8 Å². The Bertz CT molecular complexity index is 106. The van der Waals surface area contributed by atoms with Gasteiger partial charge in [0.1, 0.15) is 12.6 Å². The van der Waals surface area contributed by atoms with E-state index >= 15 is 0 Å². The van der Waals surface area contributed by atoms with E-state index in [1.54, 1.807) is 0 Å². The van der Waals surface area contributed by atoms with Crippen LogP contribution in [0.5, 0.6) is 0 Å². The number of rotatable bonds is 2. The molecule has 9 heavy (non-hydrogen) atoms. The van der Waals surface area contributed by atoms with Crippen molar-refractivity contribution >= 4 is 12.6 Å². The van der Waals surface area contributed by atoms with Crippen LogP contribution >= 0.6 is 0 Å². The fraction of sp³-hybridized carbons (Fsp3) is 0.714. The van der Waals surface area contributed by atoms with Crippen molar-refractivity contribution in [1.82, 2.24) is 0 Å². The molecule has 1 rings (SSSR count). The van der Waals surface area contributed by atoms with E-state index < -0.39 is 0 Å². The van der Waals surface area contributed by atoms with Crippen LogP contribution in [0.3, 0.4) is 0 Å². The Morgan fingerprint density at radius 1 is 1.00 bits per heavy atom. The van der Waals surface area contributed by atoms with Crippen LogP contribution in [0.1, 0.15) is 19.3 Å². The van der Waals surface area contributed by atoms with E-state index in [4.69, 9.17) is 0 Å². The van der Waals surface area contributed by atoms with Crippen molar-refractivity contribution < 1.29 is 9.59 Å². The van der Waals surface area contributed by atoms with E-state index in [-0.39, 0.29) is 11.8 Å². The maximum Gasteiger partial charge on any atom is 0.123 e. The average molecular weight is 126 g/mol. The molecule has 1 saturated carbocycles. The van der Waals surface area contributed by atoms with Gasteiger partial charge >= 0.3 is 0 Å². The van der Waals surface area contributed by atoms with E-state index in [0.717, 1.165) is 31.8 Å². The van der Waals surface area contributed by atoms with E-state index in [1.165, 1.54) is 0 Å². The first kappa shape index (κ1) is 6.46. The smallest absolute Gasteiger partial charge is 0.123 e. The maximum absolute atomic E-state index is 10.2. The lowest BCUT2D eigenvalue weighted by atomic mass is 10.1. The minimum atomic E-state index is 0.167. The zero-order valence-corrected chi connectivity index (χ0v) is 5.25. The molecule has 1 aliphatic rings. The minimum Gasteiger partial charge on any atom is -0.303 e. The molecule has 2 unspecified atom stereocenters. The summed E-state index contributed by atoms with van der Waals surface area (Å²) < 4.78 is 0. The highest BCUT2D eigenvalue weighted by molar-refractivity contribution is 5.59. The van der Waals surface area contributed by atoms with Gasteiger partial charge in [0.2, 0.25) is 0 Å². The summed E-state index contributed by atoms with van der Waals surface area (Å²) in [5.41, 5.74) is 0. The summed E-state index contributed by atoms with van der Waals surface area (Å²) in [5, 5.41) is 0. The summed E-state index contributed by atoms with van der Waals surface area (Å²) in [4.78, 5) is 20.3. The molecule has 2 atom stereocenters. The van der Waals surface area contributed by atoms with Gasteiger partial charge in [-0.1, -0.05) is 0 Å². The lowest BCUT2D eigenvalue weighted by molar-refractivity contribution is -0.111. The Labute approximate surface area is 54.2 Å². The van der Waals surface area contributed by atoms with Crippen LogP contribution < -0.4 is 0 Å². The molecule has 0 aromatic carbocycles. The van der Waals surface area contributed by atoms with Crippen LogP contribution in [0, 0.1) is 11.8 Å². The topological polar surface area (TPSA) is 34.1 Å². The molecule has 0 heterocycles. The quantitative estimate of drug-likeness (QED) is 0.513. The van der Waals surface area contributed by atoms with Gasteiger partial charge < -0.3 is 9.59 Å². The molecule has 2 heteroatoms. The van der Waals surface area contributed by atoms with Gasteiger partial charge in [0.15, 0.2) is 0 Å². The molecule has 0 saturated heterocycles. The predicted octanol–water partition coefficient (Wildman–Crippen LogP) is 0.800. The molecule has 0 bridgehead atoms. The van der Waals surface area contributed by atoms with Gasteiger partial charge in [0.25, 0.3) is 0 Å². The molecule has 0 amide bonds. The van der Waals surface area contributed by atoms with E-state index in [2.05, 4.69) is 0 Å². The summed E-state index contributed by atoms with van der Waals surface area (Å²) in [5.74, 6) is 0.334. The summed E-state index contributed by atoms with van der Waals surface area (Å²) >= 11 is 0. The van der Waals surface area contributed by atoms with Crippen LogP contribution in [0.15, 0.2) is 0 Å². The number of carbonyl (C=O) groups is 2. The van der Waals surface area contributed by atoms with Crippen molar-refractivity contribution in [2.45, 2.75) is 19.3 Å². The third-order valence-electron chi connectivity index (χ3n) is 1.90. The number of hydrogen-bond acceptors (Lipinski definition) is 2. The Balaban J connectivity index is 2.36. The molecule has 0 aromatic heterocycles. The van der Waals surface area contributed by atoms with Gasteiger partial charge in [-0.25, -0.2) is 0 Å². The fourth-order valence-corrected chi connectivity index (χ4v) is 1.30. The van der Waals surface area contributed by atoms with Crippen molar-refractivity contribution in [3.8, 4) is 0 Å². The lowest BCUT2D eigenvalue weighted by Gasteiger charge is -1.94. The second-order valence-electron chi connectivity index (χ2n) is 2.61. The monoisotopic (exact) mass is 126 g/mol. The van der Waals surface area contributed by atoms with Crippen molar-refractivity contribution in [3.05, 3.63) is 0 Å². The minimum absolute atomic E-state index is 0.167. The first-order chi connectivity index (χ1) is 4.36. The summed E-state index contributed by atoms with van der Waals surface area (Å²) in [6, 6.07) is 0. The Morgan fingerprint density at radius 2 is 1.44 bits per heavy atom. The van der Waals surface area contributed by atoms with Gasteiger partial charge in [0.05, 0.1) is 0 Å². The summed E-state index contributed by atoms with van der Waals surface area (Å²) in [7, 11) is 0. The van der Waals surface area contributed by atoms with Crippen LogP contribution in [-0.2, 0) is 9.59 Å². The van der Waals surface area contributed by atoms with Gasteiger partial charge in [-0.05, 0) is 19.3 Å². The van der Waals surface area contributed by atoms with Gasteiger partial charge in [-0.15, -0.1) is 0 Å². The van der Waals surface area contributed by atoms with Crippen LogP contribution in [0.2, 0.25) is 0 Å². The molecule has 1 fully saturated rings. The van der Waals surface area contributed by atoms with Crippen molar-refractivity contribution in [3.63, 3.8) is 0 Å². The fourth-order valence-electron chi connectivity index (χ4n) is 1.30. The largest absolute Gasteiger partial charge is 0.303 e. The molecule has 50 valence electrons. The average Bonchev–Trinajstić information content (AvgIpc) is 2.34. The van der Waals surface area contributed by atoms with Gasteiger partial charge in [-0.3, -0.25) is 0 Å². The summed E-state index contributed by atoms with van der Waals surface area (Å²) in [6.45, 7) is 0. The normalized spacial score (nSPS) is 34.2. The zero-order chi connectivity index (χ0) is 6.69. The Morgan fingerprint density at radius 3 is 1.67 bits per heavy atom. The molecular formula is C7H10O2. The number of hydrogen-bond donors (Lipinski definition) is 0. The van der Waals surface area contributed by atoms with Crippen molar-refractivity contribution in [2.24, 2.45) is 11.8 Å². The Hall–Kier alpha value is -0.660. The lowest BCUT2D eigenvalue weighted by Crippen LogP contribution is -1.97. The van der Waals surface area contributed by atoms with Gasteiger partial charge in [-0.2, -0.15) is 0 Å². The molecule has 0 aromatic rings. The third kappa shape index (κ3) is 1.37. The van der Waals surface area contributed by atoms with Crippen molar-refractivity contribution in [2.75, 3.05) is 0 Å². The zero-order valence-electron chi connectivity index (χ0n) is 5.25. The highest BCUT2D eigenvalue weighted by atomic mass is 16.1. The maximum atomic E-state index is 10.2. The molecule has 0 aliphatic heterocycles. The second kappa shape index (κ2) is 2.76. The molecule has 1 aliphatic carbocycles. The first-order valence-electron chi connectivity index (χ1n) is 3.27. The predicted molar refractivity (Wildman–Crippen MR) is 33.0 cm³/mol. The standard InChI is InChI=1S/C7H10O2/c8-4-6-1-2-7(3-6)5-9/h4-7H,1-3H2. The van der Waals surface area contributed by atoms with Crippen LogP contribution in [-0.4, -0.2) is 12.6 Å². The summed E-state index contributed by atoms with van der Waals surface area (Å²) in [6.07, 6.45) is 4.53. The number of aldehydes is 2. The van der Waals surface area contributed by atoms with Crippen LogP contribution in [0.4, 0.5) is 0 Å². The highest BCUT2D eigenvalue weighted by Crippen LogP contribution is 2.27. The SMILES string of the molecule is O=CC1CCC(C=O)C1. The molecular weight excluding hydrogens is 116 g/mol. The van der Waals surface area contributed by atoms with E-state index in [9.17, 15) is 9.59 Å². The third-order valence-corrected chi connectivity index (χ3v) is 1.90. The van der Waals surface area contributed by atoms with Crippen molar-refractivity contribution in [1.29, 1.82) is 0 Å². The Kier molecular flexibility index (Phi) is 1.98. The second-order valence-corrected chi connectivity index (χ2v) is 2.61. The molecule has 0 radical (unpaired) electrons. The van der Waals surface area contributed by atoms with Crippen LogP contribution in [0.25, 0.3) is 0 Å². The molecule has 2 nitrogen and oxygen atoms in total. The molecule has 0 spiro atoms. The number of carbonyl (C=O) groups excluding carboxylic acids is 2. The first-order valence-corrected chi connectivity index (χ1v) is 3.27. The molecule has 0 N–H and O–H groups in total.